The molecule has 3 rings (SSSR count). The zero-order valence-electron chi connectivity index (χ0n) is 18.8. The van der Waals surface area contributed by atoms with Gasteiger partial charge >= 0.3 is 0 Å². The maximum Gasteiger partial charge on any atom is 0.258 e. The van der Waals surface area contributed by atoms with E-state index in [0.717, 1.165) is 22.4 Å². The highest BCUT2D eigenvalue weighted by atomic mass is 16.5. The van der Waals surface area contributed by atoms with Crippen LogP contribution in [0.25, 0.3) is 10.9 Å². The van der Waals surface area contributed by atoms with Crippen LogP contribution in [0.4, 0.5) is 5.69 Å². The van der Waals surface area contributed by atoms with Crippen LogP contribution in [-0.2, 0) is 11.3 Å². The number of anilines is 1. The van der Waals surface area contributed by atoms with Crippen molar-refractivity contribution in [1.82, 2.24) is 14.9 Å². The number of rotatable bonds is 7. The van der Waals surface area contributed by atoms with Crippen LogP contribution >= 0.6 is 0 Å². The highest BCUT2D eigenvalue weighted by Gasteiger charge is 2.14. The molecule has 0 atom stereocenters. The molecule has 3 aromatic rings. The van der Waals surface area contributed by atoms with Gasteiger partial charge in [-0.05, 0) is 45.0 Å². The minimum atomic E-state index is -0.273. The van der Waals surface area contributed by atoms with E-state index in [1.165, 1.54) is 14.2 Å². The van der Waals surface area contributed by atoms with E-state index >= 15 is 0 Å². The highest BCUT2D eigenvalue weighted by molar-refractivity contribution is 5.93. The van der Waals surface area contributed by atoms with Crippen molar-refractivity contribution in [2.75, 3.05) is 33.1 Å². The van der Waals surface area contributed by atoms with E-state index in [4.69, 9.17) is 9.47 Å². The number of likely N-dealkylation sites (N-methyl/N-ethyl adjacent to an activating group) is 1. The van der Waals surface area contributed by atoms with Crippen LogP contribution in [0.2, 0.25) is 0 Å². The van der Waals surface area contributed by atoms with E-state index in [2.05, 4.69) is 15.3 Å². The summed E-state index contributed by atoms with van der Waals surface area (Å²) in [6, 6.07) is 7.36. The van der Waals surface area contributed by atoms with Gasteiger partial charge in [0.05, 0.1) is 38.2 Å². The van der Waals surface area contributed by atoms with E-state index in [0.29, 0.717) is 34.8 Å². The number of carbonyl (C=O) groups is 1. The average molecular weight is 425 g/mol. The molecule has 0 saturated heterocycles. The predicted molar refractivity (Wildman–Crippen MR) is 121 cm³/mol. The molecule has 0 saturated carbocycles. The average Bonchev–Trinajstić information content (AvgIpc) is 2.69. The fraction of sp³-hybridized carbons (Fsp3) is 0.348. The number of nitrogens with zero attached hydrogens (tertiary/aromatic N) is 2. The lowest BCUT2D eigenvalue weighted by Gasteiger charge is -2.18. The fourth-order valence-electron chi connectivity index (χ4n) is 3.70. The number of aromatic amines is 1. The van der Waals surface area contributed by atoms with Gasteiger partial charge < -0.3 is 19.8 Å². The molecule has 164 valence electrons. The number of aromatic nitrogens is 2. The molecule has 2 aromatic carbocycles. The molecule has 2 N–H and O–H groups in total. The van der Waals surface area contributed by atoms with Crippen LogP contribution in [0.1, 0.15) is 22.5 Å². The number of amides is 1. The third-order valence-electron chi connectivity index (χ3n) is 5.03. The minimum Gasteiger partial charge on any atom is -0.493 e. The summed E-state index contributed by atoms with van der Waals surface area (Å²) in [6.07, 6.45) is 0. The number of nitrogens with one attached hydrogen (secondary N) is 2. The first-order valence-electron chi connectivity index (χ1n) is 9.93. The summed E-state index contributed by atoms with van der Waals surface area (Å²) < 4.78 is 10.6. The summed E-state index contributed by atoms with van der Waals surface area (Å²) in [6.45, 7) is 6.44. The van der Waals surface area contributed by atoms with Crippen LogP contribution in [0.15, 0.2) is 29.1 Å². The summed E-state index contributed by atoms with van der Waals surface area (Å²) in [7, 11) is 4.84. The second kappa shape index (κ2) is 9.18. The molecule has 8 heteroatoms. The van der Waals surface area contributed by atoms with Gasteiger partial charge in [0.15, 0.2) is 11.5 Å². The quantitative estimate of drug-likeness (QED) is 0.605. The monoisotopic (exact) mass is 424 g/mol. The fourth-order valence-corrected chi connectivity index (χ4v) is 3.70. The van der Waals surface area contributed by atoms with Gasteiger partial charge in [-0.25, -0.2) is 4.98 Å². The molecular formula is C23H28N4O4. The van der Waals surface area contributed by atoms with Gasteiger partial charge in [0.2, 0.25) is 5.91 Å². The van der Waals surface area contributed by atoms with Crippen molar-refractivity contribution in [3.63, 3.8) is 0 Å². The summed E-state index contributed by atoms with van der Waals surface area (Å²) in [5.41, 5.74) is 4.27. The van der Waals surface area contributed by atoms with Crippen molar-refractivity contribution < 1.29 is 14.3 Å². The van der Waals surface area contributed by atoms with Gasteiger partial charge in [0.25, 0.3) is 5.56 Å². The van der Waals surface area contributed by atoms with Gasteiger partial charge in [-0.1, -0.05) is 17.7 Å². The largest absolute Gasteiger partial charge is 0.493 e. The Balaban J connectivity index is 1.75. The first-order chi connectivity index (χ1) is 14.7. The molecule has 0 bridgehead atoms. The maximum atomic E-state index is 12.6. The Morgan fingerprint density at radius 3 is 2.29 bits per heavy atom. The third kappa shape index (κ3) is 5.03. The van der Waals surface area contributed by atoms with Crippen molar-refractivity contribution in [2.45, 2.75) is 27.3 Å². The molecule has 1 aromatic heterocycles. The molecule has 0 aliphatic carbocycles. The maximum absolute atomic E-state index is 12.6. The summed E-state index contributed by atoms with van der Waals surface area (Å²) in [4.78, 5) is 34.2. The van der Waals surface area contributed by atoms with E-state index in [9.17, 15) is 9.59 Å². The second-order valence-corrected chi connectivity index (χ2v) is 7.73. The first-order valence-corrected chi connectivity index (χ1v) is 9.93. The lowest BCUT2D eigenvalue weighted by molar-refractivity contribution is -0.117. The van der Waals surface area contributed by atoms with Crippen LogP contribution in [0, 0.1) is 20.8 Å². The molecule has 0 radical (unpaired) electrons. The predicted octanol–water partition coefficient (Wildman–Crippen LogP) is 2.94. The number of hydrogen-bond donors (Lipinski definition) is 2. The molecule has 1 amide bonds. The molecule has 0 fully saturated rings. The lowest BCUT2D eigenvalue weighted by atomic mass is 10.1. The van der Waals surface area contributed by atoms with E-state index in [-0.39, 0.29) is 18.0 Å². The Bertz CT molecular complexity index is 1160. The van der Waals surface area contributed by atoms with Crippen LogP contribution in [0.3, 0.4) is 0 Å². The summed E-state index contributed by atoms with van der Waals surface area (Å²) >= 11 is 0. The normalized spacial score (nSPS) is 11.1. The second-order valence-electron chi connectivity index (χ2n) is 7.73. The van der Waals surface area contributed by atoms with Crippen molar-refractivity contribution in [3.05, 3.63) is 57.1 Å². The SMILES string of the molecule is COc1cc2nc(CN(C)CC(=O)Nc3c(C)cc(C)cc3C)[nH]c(=O)c2cc1OC. The topological polar surface area (TPSA) is 96.5 Å². The van der Waals surface area contributed by atoms with Crippen LogP contribution < -0.4 is 20.3 Å². The van der Waals surface area contributed by atoms with Crippen molar-refractivity contribution in [3.8, 4) is 11.5 Å². The highest BCUT2D eigenvalue weighted by Crippen LogP contribution is 2.30. The van der Waals surface area contributed by atoms with Crippen LogP contribution in [0.5, 0.6) is 11.5 Å². The molecule has 0 aliphatic heterocycles. The van der Waals surface area contributed by atoms with Crippen molar-refractivity contribution in [1.29, 1.82) is 0 Å². The number of hydrogen-bond acceptors (Lipinski definition) is 6. The number of aryl methyl sites for hydroxylation is 3. The van der Waals surface area contributed by atoms with Gasteiger partial charge in [0.1, 0.15) is 5.82 Å². The van der Waals surface area contributed by atoms with Crippen molar-refractivity contribution >= 4 is 22.5 Å². The first kappa shape index (κ1) is 22.3. The number of H-pyrrole nitrogens is 1. The summed E-state index contributed by atoms with van der Waals surface area (Å²) in [5, 5.41) is 3.40. The zero-order valence-corrected chi connectivity index (χ0v) is 18.8. The van der Waals surface area contributed by atoms with Crippen LogP contribution in [-0.4, -0.2) is 48.6 Å². The zero-order chi connectivity index (χ0) is 22.7. The van der Waals surface area contributed by atoms with E-state index in [1.54, 1.807) is 24.1 Å². The summed E-state index contributed by atoms with van der Waals surface area (Å²) in [5.74, 6) is 1.29. The number of benzene rings is 2. The van der Waals surface area contributed by atoms with Gasteiger partial charge in [-0.2, -0.15) is 0 Å². The number of ether oxygens (including phenoxy) is 2. The molecule has 1 heterocycles. The molecule has 31 heavy (non-hydrogen) atoms. The molecule has 0 unspecified atom stereocenters. The Morgan fingerprint density at radius 1 is 1.06 bits per heavy atom. The van der Waals surface area contributed by atoms with E-state index in [1.807, 2.05) is 32.9 Å². The Kier molecular flexibility index (Phi) is 6.60. The number of fused-ring (bicyclic) bond motifs is 1. The molecular weight excluding hydrogens is 396 g/mol. The van der Waals surface area contributed by atoms with Gasteiger partial charge in [-0.15, -0.1) is 0 Å². The lowest BCUT2D eigenvalue weighted by Crippen LogP contribution is -2.31. The number of carbonyl (C=O) groups excluding carboxylic acids is 1. The Labute approximate surface area is 181 Å². The van der Waals surface area contributed by atoms with Gasteiger partial charge in [0, 0.05) is 11.8 Å². The molecule has 0 spiro atoms. The van der Waals surface area contributed by atoms with Gasteiger partial charge in [-0.3, -0.25) is 14.5 Å². The minimum absolute atomic E-state index is 0.132. The molecule has 0 aliphatic rings. The smallest absolute Gasteiger partial charge is 0.258 e. The Hall–Kier alpha value is -3.39. The standard InChI is InChI=1S/C23H28N4O4/c1-13-7-14(2)22(15(3)8-13)26-21(28)12-27(4)11-20-24-17-10-19(31-6)18(30-5)9-16(17)23(29)25-20/h7-10H,11-12H2,1-6H3,(H,26,28)(H,24,25,29). The van der Waals surface area contributed by atoms with E-state index < -0.39 is 0 Å². The molecule has 8 nitrogen and oxygen atoms in total. The third-order valence-corrected chi connectivity index (χ3v) is 5.03. The number of methoxy groups -OCH3 is 2. The Morgan fingerprint density at radius 2 is 1.68 bits per heavy atom. The van der Waals surface area contributed by atoms with Crippen molar-refractivity contribution in [2.24, 2.45) is 0 Å².